The molecule has 0 radical (unpaired) electrons. The number of aliphatic hydroxyl groups excluding tert-OH is 1. The zero-order valence-corrected chi connectivity index (χ0v) is 12.1. The summed E-state index contributed by atoms with van der Waals surface area (Å²) in [6, 6.07) is 3.63. The number of β-amino-alcohol motifs (C(OH)–C–C–N with tert-alkyl or cyclic N) is 1. The molecule has 0 aliphatic carbocycles. The molecule has 1 aromatic rings. The minimum atomic E-state index is -1.11. The Balaban J connectivity index is 2.27. The van der Waals surface area contributed by atoms with E-state index < -0.39 is 24.0 Å². The van der Waals surface area contributed by atoms with E-state index in [1.165, 1.54) is 17.0 Å². The van der Waals surface area contributed by atoms with E-state index in [1.807, 2.05) is 0 Å². The number of likely N-dealkylation sites (tertiary alicyclic amines) is 1. The number of benzene rings is 1. The molecule has 0 aromatic heterocycles. The van der Waals surface area contributed by atoms with Crippen molar-refractivity contribution < 1.29 is 19.8 Å². The normalized spacial score (nSPS) is 22.6. The lowest BCUT2D eigenvalue weighted by molar-refractivity contribution is -0.141. The number of amides is 1. The first-order chi connectivity index (χ1) is 8.90. The van der Waals surface area contributed by atoms with E-state index in [9.17, 15) is 14.7 Å². The Morgan fingerprint density at radius 3 is 2.68 bits per heavy atom. The molecule has 2 rings (SSSR count). The van der Waals surface area contributed by atoms with Crippen molar-refractivity contribution in [1.29, 1.82) is 0 Å². The van der Waals surface area contributed by atoms with E-state index in [-0.39, 0.29) is 13.0 Å². The third-order valence-corrected chi connectivity index (χ3v) is 4.21. The lowest BCUT2D eigenvalue weighted by Crippen LogP contribution is -2.40. The van der Waals surface area contributed by atoms with Crippen LogP contribution in [0.2, 0.25) is 5.02 Å². The number of rotatable bonds is 2. The first-order valence-electron chi connectivity index (χ1n) is 5.57. The smallest absolute Gasteiger partial charge is 0.326 e. The van der Waals surface area contributed by atoms with Gasteiger partial charge in [-0.05, 0) is 34.1 Å². The molecule has 2 N–H and O–H groups in total. The second kappa shape index (κ2) is 5.48. The number of carbonyl (C=O) groups is 2. The minimum absolute atomic E-state index is 0.0239. The van der Waals surface area contributed by atoms with Crippen LogP contribution in [0.1, 0.15) is 16.8 Å². The van der Waals surface area contributed by atoms with Gasteiger partial charge in [-0.2, -0.15) is 0 Å². The van der Waals surface area contributed by atoms with Gasteiger partial charge in [0, 0.05) is 23.0 Å². The molecule has 1 saturated heterocycles. The second-order valence-electron chi connectivity index (χ2n) is 4.33. The monoisotopic (exact) mass is 347 g/mol. The van der Waals surface area contributed by atoms with Crippen LogP contribution in [0, 0.1) is 0 Å². The molecule has 2 atom stereocenters. The molecular formula is C12H11BrClNO4. The van der Waals surface area contributed by atoms with E-state index in [0.717, 1.165) is 0 Å². The topological polar surface area (TPSA) is 77.8 Å². The second-order valence-corrected chi connectivity index (χ2v) is 5.59. The summed E-state index contributed by atoms with van der Waals surface area (Å²) in [5.41, 5.74) is 0.330. The Hall–Kier alpha value is -1.11. The molecule has 1 amide bonds. The summed E-state index contributed by atoms with van der Waals surface area (Å²) in [6.07, 6.45) is -0.753. The van der Waals surface area contributed by atoms with Gasteiger partial charge in [0.15, 0.2) is 0 Å². The number of carbonyl (C=O) groups excluding carboxylic acids is 1. The summed E-state index contributed by atoms with van der Waals surface area (Å²) in [6.45, 7) is 0.0239. The maximum absolute atomic E-state index is 12.3. The van der Waals surface area contributed by atoms with E-state index in [1.54, 1.807) is 6.07 Å². The Labute approximate surface area is 122 Å². The van der Waals surface area contributed by atoms with Gasteiger partial charge in [-0.25, -0.2) is 4.79 Å². The summed E-state index contributed by atoms with van der Waals surface area (Å²) in [7, 11) is 0. The van der Waals surface area contributed by atoms with Crippen molar-refractivity contribution in [3.05, 3.63) is 33.3 Å². The molecule has 102 valence electrons. The molecule has 1 aromatic carbocycles. The molecule has 0 spiro atoms. The number of halogens is 2. The minimum Gasteiger partial charge on any atom is -0.480 e. The highest BCUT2D eigenvalue weighted by molar-refractivity contribution is 9.10. The standard InChI is InChI=1S/C12H11BrClNO4/c13-8-3-6(1-2-9(8)14)11(17)15-5-7(16)4-10(15)12(18)19/h1-3,7,10,16H,4-5H2,(H,18,19)/t7-,10-/m1/s1. The number of hydrogen-bond acceptors (Lipinski definition) is 3. The summed E-state index contributed by atoms with van der Waals surface area (Å²) >= 11 is 9.05. The summed E-state index contributed by atoms with van der Waals surface area (Å²) in [5.74, 6) is -1.54. The van der Waals surface area contributed by atoms with Crippen LogP contribution in [-0.4, -0.2) is 45.7 Å². The highest BCUT2D eigenvalue weighted by Gasteiger charge is 2.39. The SMILES string of the molecule is O=C(O)[C@H]1C[C@@H](O)CN1C(=O)c1ccc(Cl)c(Br)c1. The zero-order chi connectivity index (χ0) is 14.2. The van der Waals surface area contributed by atoms with Crippen LogP contribution < -0.4 is 0 Å². The highest BCUT2D eigenvalue weighted by Crippen LogP contribution is 2.26. The lowest BCUT2D eigenvalue weighted by Gasteiger charge is -2.21. The van der Waals surface area contributed by atoms with Crippen LogP contribution in [0.4, 0.5) is 0 Å². The number of nitrogens with zero attached hydrogens (tertiary/aromatic N) is 1. The first-order valence-corrected chi connectivity index (χ1v) is 6.74. The van der Waals surface area contributed by atoms with Crippen LogP contribution in [-0.2, 0) is 4.79 Å². The van der Waals surface area contributed by atoms with Crippen molar-refractivity contribution in [3.63, 3.8) is 0 Å². The highest BCUT2D eigenvalue weighted by atomic mass is 79.9. The Morgan fingerprint density at radius 1 is 1.42 bits per heavy atom. The zero-order valence-electron chi connectivity index (χ0n) is 9.72. The van der Waals surface area contributed by atoms with Crippen LogP contribution in [0.15, 0.2) is 22.7 Å². The number of hydrogen-bond donors (Lipinski definition) is 2. The lowest BCUT2D eigenvalue weighted by atomic mass is 10.1. The van der Waals surface area contributed by atoms with E-state index in [0.29, 0.717) is 15.1 Å². The van der Waals surface area contributed by atoms with Crippen LogP contribution in [0.3, 0.4) is 0 Å². The van der Waals surface area contributed by atoms with Crippen molar-refractivity contribution in [1.82, 2.24) is 4.90 Å². The molecule has 1 fully saturated rings. The first kappa shape index (κ1) is 14.3. The van der Waals surface area contributed by atoms with Crippen LogP contribution in [0.5, 0.6) is 0 Å². The maximum atomic E-state index is 12.3. The molecular weight excluding hydrogens is 337 g/mol. The summed E-state index contributed by atoms with van der Waals surface area (Å²) in [5, 5.41) is 19.1. The number of carboxylic acid groups (broad SMARTS) is 1. The Morgan fingerprint density at radius 2 is 2.11 bits per heavy atom. The van der Waals surface area contributed by atoms with Crippen LogP contribution in [0.25, 0.3) is 0 Å². The Bertz CT molecular complexity index is 536. The molecule has 7 heteroatoms. The van der Waals surface area contributed by atoms with Gasteiger partial charge in [-0.15, -0.1) is 0 Å². The Kier molecular flexibility index (Phi) is 4.13. The van der Waals surface area contributed by atoms with Gasteiger partial charge in [0.2, 0.25) is 0 Å². The fourth-order valence-corrected chi connectivity index (χ4v) is 2.56. The van der Waals surface area contributed by atoms with E-state index in [2.05, 4.69) is 15.9 Å². The van der Waals surface area contributed by atoms with Gasteiger partial charge in [0.1, 0.15) is 6.04 Å². The average Bonchev–Trinajstić information content (AvgIpc) is 2.74. The number of carboxylic acids is 1. The fraction of sp³-hybridized carbons (Fsp3) is 0.333. The predicted molar refractivity (Wildman–Crippen MR) is 72.2 cm³/mol. The molecule has 0 bridgehead atoms. The van der Waals surface area contributed by atoms with Crippen molar-refractivity contribution >= 4 is 39.4 Å². The predicted octanol–water partition coefficient (Wildman–Crippen LogP) is 1.76. The van der Waals surface area contributed by atoms with Gasteiger partial charge in [0.05, 0.1) is 11.1 Å². The van der Waals surface area contributed by atoms with Gasteiger partial charge in [0.25, 0.3) is 5.91 Å². The van der Waals surface area contributed by atoms with Crippen molar-refractivity contribution in [2.24, 2.45) is 0 Å². The van der Waals surface area contributed by atoms with Crippen LogP contribution >= 0.6 is 27.5 Å². The van der Waals surface area contributed by atoms with Gasteiger partial charge in [-0.1, -0.05) is 11.6 Å². The van der Waals surface area contributed by atoms with Crippen molar-refractivity contribution in [2.45, 2.75) is 18.6 Å². The van der Waals surface area contributed by atoms with Crippen molar-refractivity contribution in [3.8, 4) is 0 Å². The molecule has 0 unspecified atom stereocenters. The molecule has 19 heavy (non-hydrogen) atoms. The molecule has 1 aliphatic heterocycles. The average molecular weight is 349 g/mol. The largest absolute Gasteiger partial charge is 0.480 e. The van der Waals surface area contributed by atoms with Gasteiger partial charge >= 0.3 is 5.97 Å². The summed E-state index contributed by atoms with van der Waals surface area (Å²) < 4.78 is 0.562. The molecule has 5 nitrogen and oxygen atoms in total. The van der Waals surface area contributed by atoms with Gasteiger partial charge in [-0.3, -0.25) is 4.79 Å². The van der Waals surface area contributed by atoms with Crippen molar-refractivity contribution in [2.75, 3.05) is 6.54 Å². The van der Waals surface area contributed by atoms with Gasteiger partial charge < -0.3 is 15.1 Å². The third kappa shape index (κ3) is 2.91. The number of aliphatic hydroxyl groups is 1. The molecule has 1 heterocycles. The maximum Gasteiger partial charge on any atom is 0.326 e. The molecule has 0 saturated carbocycles. The van der Waals surface area contributed by atoms with E-state index >= 15 is 0 Å². The molecule has 1 aliphatic rings. The fourth-order valence-electron chi connectivity index (χ4n) is 2.07. The van der Waals surface area contributed by atoms with E-state index in [4.69, 9.17) is 16.7 Å². The summed E-state index contributed by atoms with van der Waals surface area (Å²) in [4.78, 5) is 24.5. The number of aliphatic carboxylic acids is 1. The third-order valence-electron chi connectivity index (χ3n) is 2.99. The quantitative estimate of drug-likeness (QED) is 0.854.